The molecule has 4 rings (SSSR count). The van der Waals surface area contributed by atoms with Crippen LogP contribution in [0.3, 0.4) is 0 Å². The van der Waals surface area contributed by atoms with Gasteiger partial charge in [0.2, 0.25) is 11.6 Å². The number of benzene rings is 4. The summed E-state index contributed by atoms with van der Waals surface area (Å²) in [5, 5.41) is 0. The molecule has 2 unspecified atom stereocenters. The molecule has 0 radical (unpaired) electrons. The molecular weight excluding hydrogens is 570 g/mol. The second kappa shape index (κ2) is 15.6. The molecule has 0 aromatic heterocycles. The minimum Gasteiger partial charge on any atom is -1.00 e. The molecule has 41 heavy (non-hydrogen) atoms. The summed E-state index contributed by atoms with van der Waals surface area (Å²) in [5.41, 5.74) is 3.58. The van der Waals surface area contributed by atoms with Gasteiger partial charge in [-0.25, -0.2) is 0 Å². The first-order valence-electron chi connectivity index (χ1n) is 14.6. The van der Waals surface area contributed by atoms with Crippen LogP contribution in [-0.4, -0.2) is 36.2 Å². The number of hydrogen-bond acceptors (Lipinski definition) is 2. The third-order valence-corrected chi connectivity index (χ3v) is 8.10. The summed E-state index contributed by atoms with van der Waals surface area (Å²) >= 11 is 0. The number of carbonyl (C=O) groups is 2. The fraction of sp³-hybridized carbons (Fsp3) is 0.297. The number of halogens is 1. The van der Waals surface area contributed by atoms with Crippen molar-refractivity contribution in [2.75, 3.05) is 14.1 Å². The third-order valence-electron chi connectivity index (χ3n) is 8.10. The first kappa shape index (κ1) is 32.2. The van der Waals surface area contributed by atoms with Gasteiger partial charge in [-0.05, 0) is 17.5 Å². The Bertz CT molecular complexity index is 1300. The number of quaternary nitrogens is 1. The molecule has 2 atom stereocenters. The quantitative estimate of drug-likeness (QED) is 0.108. The molecule has 0 aliphatic heterocycles. The van der Waals surface area contributed by atoms with Crippen LogP contribution in [0.5, 0.6) is 0 Å². The average molecular weight is 613 g/mol. The Hall–Kier alpha value is -3.34. The summed E-state index contributed by atoms with van der Waals surface area (Å²) in [7, 11) is 4.15. The molecule has 0 amide bonds. The fourth-order valence-corrected chi connectivity index (χ4v) is 5.99. The topological polar surface area (TPSA) is 34.1 Å². The summed E-state index contributed by atoms with van der Waals surface area (Å²) in [4.78, 5) is 29.2. The van der Waals surface area contributed by atoms with Crippen LogP contribution < -0.4 is 17.0 Å². The first-order chi connectivity index (χ1) is 19.4. The van der Waals surface area contributed by atoms with Gasteiger partial charge in [-0.1, -0.05) is 148 Å². The number of carbonyl (C=O) groups excluding carboxylic acids is 2. The average Bonchev–Trinajstić information content (AvgIpc) is 2.99. The zero-order valence-corrected chi connectivity index (χ0v) is 26.0. The van der Waals surface area contributed by atoms with Crippen LogP contribution in [0.15, 0.2) is 121 Å². The molecule has 0 spiro atoms. The van der Waals surface area contributed by atoms with E-state index >= 15 is 0 Å². The van der Waals surface area contributed by atoms with Crippen molar-refractivity contribution >= 4 is 11.6 Å². The lowest BCUT2D eigenvalue weighted by Crippen LogP contribution is -3.00. The van der Waals surface area contributed by atoms with E-state index in [0.29, 0.717) is 5.56 Å². The van der Waals surface area contributed by atoms with E-state index in [9.17, 15) is 9.59 Å². The lowest BCUT2D eigenvalue weighted by molar-refractivity contribution is -0.926. The van der Waals surface area contributed by atoms with Crippen molar-refractivity contribution in [3.63, 3.8) is 0 Å². The summed E-state index contributed by atoms with van der Waals surface area (Å²) in [6.45, 7) is 2.20. The van der Waals surface area contributed by atoms with Crippen LogP contribution >= 0.6 is 0 Å². The monoisotopic (exact) mass is 611 g/mol. The lowest BCUT2D eigenvalue weighted by atomic mass is 9.81. The van der Waals surface area contributed by atoms with Crippen molar-refractivity contribution in [2.45, 2.75) is 57.0 Å². The largest absolute Gasteiger partial charge is 1.00 e. The van der Waals surface area contributed by atoms with Crippen LogP contribution in [0.1, 0.15) is 78.0 Å². The Kier molecular flexibility index (Phi) is 12.2. The highest BCUT2D eigenvalue weighted by atomic mass is 79.9. The number of Topliss-reactive ketones (excluding diaryl/α,β-unsaturated/α-hetero) is 2. The van der Waals surface area contributed by atoms with Gasteiger partial charge >= 0.3 is 0 Å². The fourth-order valence-electron chi connectivity index (χ4n) is 5.99. The molecule has 214 valence electrons. The number of likely N-dealkylation sites (N-methyl/N-ethyl adjacent to an activating group) is 1. The standard InChI is InChI=1S/C37H42NO2.BrH/c1-4-5-6-19-28-33(37(40)34(29-20-11-7-12-21-29)30-22-13-8-14-23-30)38(2,3)35(31-24-15-9-16-25-31)36(39)32-26-17-10-18-27-32;/h7-18,20-27,33-35H,4-6,19,28H2,1-3H3;1H/q+1;/p-1. The van der Waals surface area contributed by atoms with Gasteiger partial charge < -0.3 is 21.5 Å². The predicted molar refractivity (Wildman–Crippen MR) is 164 cm³/mol. The molecule has 4 aromatic carbocycles. The molecule has 0 N–H and O–H groups in total. The molecular formula is C37H42BrNO2. The van der Waals surface area contributed by atoms with Gasteiger partial charge in [0.15, 0.2) is 6.04 Å². The van der Waals surface area contributed by atoms with Crippen molar-refractivity contribution < 1.29 is 31.1 Å². The number of unbranched alkanes of at least 4 members (excludes halogenated alkanes) is 3. The highest BCUT2D eigenvalue weighted by Gasteiger charge is 2.47. The summed E-state index contributed by atoms with van der Waals surface area (Å²) in [6, 6.07) is 38.8. The highest BCUT2D eigenvalue weighted by molar-refractivity contribution is 6.00. The molecule has 0 aliphatic carbocycles. The van der Waals surface area contributed by atoms with E-state index in [2.05, 4.69) is 21.0 Å². The number of hydrogen-bond donors (Lipinski definition) is 0. The molecule has 0 bridgehead atoms. The molecule has 0 saturated carbocycles. The van der Waals surface area contributed by atoms with E-state index in [1.54, 1.807) is 0 Å². The maximum absolute atomic E-state index is 14.9. The summed E-state index contributed by atoms with van der Waals surface area (Å²) in [6.07, 6.45) is 5.02. The Morgan fingerprint density at radius 2 is 1.05 bits per heavy atom. The van der Waals surface area contributed by atoms with Crippen molar-refractivity contribution in [1.29, 1.82) is 0 Å². The maximum Gasteiger partial charge on any atom is 0.224 e. The molecule has 0 fully saturated rings. The van der Waals surface area contributed by atoms with E-state index in [4.69, 9.17) is 0 Å². The molecule has 0 heterocycles. The van der Waals surface area contributed by atoms with E-state index in [-0.39, 0.29) is 39.1 Å². The van der Waals surface area contributed by atoms with Crippen LogP contribution in [0.25, 0.3) is 0 Å². The molecule has 0 saturated heterocycles. The Balaban J connectivity index is 0.00000462. The van der Waals surface area contributed by atoms with E-state index in [0.717, 1.165) is 48.8 Å². The minimum absolute atomic E-state index is 0. The Morgan fingerprint density at radius 3 is 1.51 bits per heavy atom. The van der Waals surface area contributed by atoms with Gasteiger partial charge in [0.1, 0.15) is 6.04 Å². The molecule has 3 nitrogen and oxygen atoms in total. The van der Waals surface area contributed by atoms with E-state index in [1.165, 1.54) is 0 Å². The van der Waals surface area contributed by atoms with Gasteiger partial charge in [-0.3, -0.25) is 9.59 Å². The minimum atomic E-state index is -0.518. The maximum atomic E-state index is 14.9. The highest BCUT2D eigenvalue weighted by Crippen LogP contribution is 2.37. The Labute approximate surface area is 256 Å². The van der Waals surface area contributed by atoms with Gasteiger partial charge in [-0.15, -0.1) is 0 Å². The number of ketones is 2. The van der Waals surface area contributed by atoms with Gasteiger partial charge in [0.25, 0.3) is 0 Å². The molecule has 0 aliphatic rings. The SMILES string of the molecule is CCCCCCC(C(=O)C(c1ccccc1)c1ccccc1)[N+](C)(C)C(C(=O)c1ccccc1)c1ccccc1.[Br-]. The summed E-state index contributed by atoms with van der Waals surface area (Å²) < 4.78 is 0.263. The normalized spacial score (nSPS) is 12.8. The first-order valence-corrected chi connectivity index (χ1v) is 14.6. The van der Waals surface area contributed by atoms with Crippen molar-refractivity contribution in [2.24, 2.45) is 0 Å². The van der Waals surface area contributed by atoms with Gasteiger partial charge in [0.05, 0.1) is 20.0 Å². The van der Waals surface area contributed by atoms with Crippen LogP contribution in [0.4, 0.5) is 0 Å². The van der Waals surface area contributed by atoms with Gasteiger partial charge in [0, 0.05) is 17.5 Å². The molecule has 4 aromatic rings. The van der Waals surface area contributed by atoms with Crippen molar-refractivity contribution in [3.8, 4) is 0 Å². The smallest absolute Gasteiger partial charge is 0.224 e. The third kappa shape index (κ3) is 7.90. The van der Waals surface area contributed by atoms with Crippen LogP contribution in [0, 0.1) is 0 Å². The second-order valence-electron chi connectivity index (χ2n) is 11.2. The van der Waals surface area contributed by atoms with Gasteiger partial charge in [-0.2, -0.15) is 0 Å². The van der Waals surface area contributed by atoms with E-state index in [1.807, 2.05) is 121 Å². The zero-order valence-electron chi connectivity index (χ0n) is 24.5. The second-order valence-corrected chi connectivity index (χ2v) is 11.2. The summed E-state index contributed by atoms with van der Waals surface area (Å²) in [5.74, 6) is -0.195. The number of rotatable bonds is 14. The zero-order chi connectivity index (χ0) is 28.4. The predicted octanol–water partition coefficient (Wildman–Crippen LogP) is 5.43. The van der Waals surface area contributed by atoms with E-state index < -0.39 is 12.0 Å². The lowest BCUT2D eigenvalue weighted by Gasteiger charge is -2.44. The number of nitrogens with zero attached hydrogens (tertiary/aromatic N) is 1. The Morgan fingerprint density at radius 1 is 0.610 bits per heavy atom. The van der Waals surface area contributed by atoms with Crippen molar-refractivity contribution in [3.05, 3.63) is 144 Å². The molecule has 4 heteroatoms. The van der Waals surface area contributed by atoms with Crippen LogP contribution in [-0.2, 0) is 4.79 Å². The van der Waals surface area contributed by atoms with Crippen LogP contribution in [0.2, 0.25) is 0 Å². The van der Waals surface area contributed by atoms with Crippen molar-refractivity contribution in [1.82, 2.24) is 0 Å².